The fourth-order valence-corrected chi connectivity index (χ4v) is 3.93. The lowest BCUT2D eigenvalue weighted by Gasteiger charge is -2.29. The van der Waals surface area contributed by atoms with Gasteiger partial charge >= 0.3 is 0 Å². The molecule has 2 aliphatic rings. The first-order valence-corrected chi connectivity index (χ1v) is 8.58. The Kier molecular flexibility index (Phi) is 6.00. The fraction of sp³-hybridized carbons (Fsp3) is 0.938. The van der Waals surface area contributed by atoms with Crippen molar-refractivity contribution in [1.29, 1.82) is 0 Å². The Bertz CT molecular complexity index is 286. The van der Waals surface area contributed by atoms with Crippen molar-refractivity contribution in [1.82, 2.24) is 5.32 Å². The third-order valence-electron chi connectivity index (χ3n) is 4.94. The lowest BCUT2D eigenvalue weighted by Crippen LogP contribution is -2.42. The number of amides is 1. The number of nitrogens with one attached hydrogen (secondary N) is 1. The summed E-state index contributed by atoms with van der Waals surface area (Å²) in [6.07, 6.45) is 11.9. The maximum Gasteiger partial charge on any atom is 0.223 e. The number of hydrogen-bond acceptors (Lipinski definition) is 1. The zero-order valence-electron chi connectivity index (χ0n) is 12.2. The molecule has 2 fully saturated rings. The number of carbonyl (C=O) groups is 1. The summed E-state index contributed by atoms with van der Waals surface area (Å²) in [6, 6.07) is 0.229. The summed E-state index contributed by atoms with van der Waals surface area (Å²) < 4.78 is 0. The molecule has 2 rings (SSSR count). The Morgan fingerprint density at radius 3 is 2.47 bits per heavy atom. The van der Waals surface area contributed by atoms with Crippen molar-refractivity contribution in [2.24, 2.45) is 11.8 Å². The largest absolute Gasteiger partial charge is 0.352 e. The molecule has 0 bridgehead atoms. The minimum atomic E-state index is 0.157. The molecule has 110 valence electrons. The van der Waals surface area contributed by atoms with Crippen LogP contribution in [0.3, 0.4) is 0 Å². The summed E-state index contributed by atoms with van der Waals surface area (Å²) in [6.45, 7) is 2.25. The molecule has 0 aliphatic heterocycles. The standard InChI is InChI=1S/C16H28ClNO/c1-2-3-5-12-8-10-13(11-9-12)16(19)18-15-7-4-6-14(15)17/h12-15H,2-11H2,1H3,(H,18,19). The highest BCUT2D eigenvalue weighted by molar-refractivity contribution is 6.21. The monoisotopic (exact) mass is 285 g/mol. The van der Waals surface area contributed by atoms with Crippen molar-refractivity contribution in [2.45, 2.75) is 82.6 Å². The second-order valence-corrected chi connectivity index (χ2v) is 6.98. The van der Waals surface area contributed by atoms with E-state index >= 15 is 0 Å². The topological polar surface area (TPSA) is 29.1 Å². The molecule has 0 aromatic heterocycles. The SMILES string of the molecule is CCCCC1CCC(C(=O)NC2CCCC2Cl)CC1. The van der Waals surface area contributed by atoms with Crippen molar-refractivity contribution < 1.29 is 4.79 Å². The number of hydrogen-bond donors (Lipinski definition) is 1. The van der Waals surface area contributed by atoms with Gasteiger partial charge in [-0.05, 0) is 50.9 Å². The molecule has 19 heavy (non-hydrogen) atoms. The Morgan fingerprint density at radius 1 is 1.16 bits per heavy atom. The third kappa shape index (κ3) is 4.37. The van der Waals surface area contributed by atoms with Gasteiger partial charge in [0.25, 0.3) is 0 Å². The van der Waals surface area contributed by atoms with Gasteiger partial charge in [0.2, 0.25) is 5.91 Å². The third-order valence-corrected chi connectivity index (χ3v) is 5.47. The predicted molar refractivity (Wildman–Crippen MR) is 80.4 cm³/mol. The zero-order chi connectivity index (χ0) is 13.7. The molecule has 2 saturated carbocycles. The van der Waals surface area contributed by atoms with Crippen LogP contribution in [0.15, 0.2) is 0 Å². The van der Waals surface area contributed by atoms with Crippen LogP contribution in [0.5, 0.6) is 0 Å². The maximum absolute atomic E-state index is 12.3. The summed E-state index contributed by atoms with van der Waals surface area (Å²) in [5, 5.41) is 3.34. The van der Waals surface area contributed by atoms with Gasteiger partial charge in [-0.25, -0.2) is 0 Å². The normalized spacial score (nSPS) is 35.3. The molecule has 2 nitrogen and oxygen atoms in total. The van der Waals surface area contributed by atoms with E-state index in [1.807, 2.05) is 0 Å². The van der Waals surface area contributed by atoms with Crippen molar-refractivity contribution >= 4 is 17.5 Å². The summed E-state index contributed by atoms with van der Waals surface area (Å²) in [4.78, 5) is 12.3. The van der Waals surface area contributed by atoms with E-state index in [0.717, 1.165) is 38.0 Å². The molecule has 1 amide bonds. The quantitative estimate of drug-likeness (QED) is 0.752. The van der Waals surface area contributed by atoms with Crippen molar-refractivity contribution in [3.63, 3.8) is 0 Å². The van der Waals surface area contributed by atoms with Gasteiger partial charge in [0.1, 0.15) is 0 Å². The van der Waals surface area contributed by atoms with E-state index in [2.05, 4.69) is 12.2 Å². The maximum atomic E-state index is 12.3. The van der Waals surface area contributed by atoms with Crippen molar-refractivity contribution in [2.75, 3.05) is 0 Å². The number of alkyl halides is 1. The van der Waals surface area contributed by atoms with E-state index in [1.165, 1.54) is 32.1 Å². The number of halogens is 1. The Labute approximate surface area is 122 Å². The molecule has 0 heterocycles. The summed E-state index contributed by atoms with van der Waals surface area (Å²) >= 11 is 6.23. The van der Waals surface area contributed by atoms with Crippen LogP contribution in [0.25, 0.3) is 0 Å². The second kappa shape index (κ2) is 7.52. The molecule has 0 aromatic carbocycles. The second-order valence-electron chi connectivity index (χ2n) is 6.42. The molecule has 0 aromatic rings. The van der Waals surface area contributed by atoms with Crippen LogP contribution in [-0.2, 0) is 4.79 Å². The van der Waals surface area contributed by atoms with E-state index in [4.69, 9.17) is 11.6 Å². The highest BCUT2D eigenvalue weighted by atomic mass is 35.5. The van der Waals surface area contributed by atoms with Crippen molar-refractivity contribution in [3.8, 4) is 0 Å². The number of unbranched alkanes of at least 4 members (excludes halogenated alkanes) is 1. The van der Waals surface area contributed by atoms with Gasteiger partial charge in [-0.2, -0.15) is 0 Å². The van der Waals surface area contributed by atoms with Crippen LogP contribution in [0.2, 0.25) is 0 Å². The van der Waals surface area contributed by atoms with E-state index < -0.39 is 0 Å². The van der Waals surface area contributed by atoms with E-state index in [9.17, 15) is 4.79 Å². The minimum Gasteiger partial charge on any atom is -0.352 e. The summed E-state index contributed by atoms with van der Waals surface area (Å²) in [7, 11) is 0. The van der Waals surface area contributed by atoms with Gasteiger partial charge in [0, 0.05) is 12.0 Å². The first kappa shape index (κ1) is 15.2. The average Bonchev–Trinajstić information content (AvgIpc) is 2.82. The number of rotatable bonds is 5. The molecular weight excluding hydrogens is 258 g/mol. The first-order valence-electron chi connectivity index (χ1n) is 8.15. The molecular formula is C16H28ClNO. The van der Waals surface area contributed by atoms with Crippen LogP contribution in [0.1, 0.15) is 71.1 Å². The lowest BCUT2D eigenvalue weighted by molar-refractivity contribution is -0.126. The average molecular weight is 286 g/mol. The molecule has 0 saturated heterocycles. The minimum absolute atomic E-state index is 0.157. The Balaban J connectivity index is 1.70. The van der Waals surface area contributed by atoms with E-state index in [1.54, 1.807) is 0 Å². The molecule has 2 aliphatic carbocycles. The molecule has 2 atom stereocenters. The van der Waals surface area contributed by atoms with Gasteiger partial charge in [-0.15, -0.1) is 11.6 Å². The van der Waals surface area contributed by atoms with E-state index in [0.29, 0.717) is 0 Å². The highest BCUT2D eigenvalue weighted by Gasteiger charge is 2.31. The first-order chi connectivity index (χ1) is 9.20. The number of carbonyl (C=O) groups excluding carboxylic acids is 1. The van der Waals surface area contributed by atoms with Gasteiger partial charge in [-0.3, -0.25) is 4.79 Å². The smallest absolute Gasteiger partial charge is 0.223 e. The van der Waals surface area contributed by atoms with Crippen molar-refractivity contribution in [3.05, 3.63) is 0 Å². The van der Waals surface area contributed by atoms with E-state index in [-0.39, 0.29) is 23.2 Å². The summed E-state index contributed by atoms with van der Waals surface area (Å²) in [5.74, 6) is 1.39. The van der Waals surface area contributed by atoms with Crippen LogP contribution < -0.4 is 5.32 Å². The molecule has 0 spiro atoms. The summed E-state index contributed by atoms with van der Waals surface area (Å²) in [5.41, 5.74) is 0. The van der Waals surface area contributed by atoms with Gasteiger partial charge in [0.05, 0.1) is 5.38 Å². The van der Waals surface area contributed by atoms with Crippen LogP contribution >= 0.6 is 11.6 Å². The van der Waals surface area contributed by atoms with Gasteiger partial charge < -0.3 is 5.32 Å². The Hall–Kier alpha value is -0.240. The van der Waals surface area contributed by atoms with Crippen LogP contribution in [-0.4, -0.2) is 17.3 Å². The molecule has 1 N–H and O–H groups in total. The van der Waals surface area contributed by atoms with Crippen LogP contribution in [0.4, 0.5) is 0 Å². The molecule has 0 radical (unpaired) electrons. The predicted octanol–water partition coefficient (Wildman–Crippen LogP) is 4.26. The lowest BCUT2D eigenvalue weighted by atomic mass is 9.79. The Morgan fingerprint density at radius 2 is 1.89 bits per heavy atom. The zero-order valence-corrected chi connectivity index (χ0v) is 12.9. The molecule has 2 unspecified atom stereocenters. The van der Waals surface area contributed by atoms with Crippen LogP contribution in [0, 0.1) is 11.8 Å². The van der Waals surface area contributed by atoms with Gasteiger partial charge in [-0.1, -0.05) is 26.2 Å². The molecule has 3 heteroatoms. The fourth-order valence-electron chi connectivity index (χ4n) is 3.58. The highest BCUT2D eigenvalue weighted by Crippen LogP contribution is 2.32. The van der Waals surface area contributed by atoms with Gasteiger partial charge in [0.15, 0.2) is 0 Å².